The average molecular weight is 284 g/mol. The van der Waals surface area contributed by atoms with Crippen molar-refractivity contribution in [3.8, 4) is 0 Å². The van der Waals surface area contributed by atoms with Crippen LogP contribution in [0, 0.1) is 11.8 Å². The average Bonchev–Trinajstić information content (AvgIpc) is 2.39. The highest BCUT2D eigenvalue weighted by Gasteiger charge is 2.03. The van der Waals surface area contributed by atoms with Crippen LogP contribution in [0.3, 0.4) is 0 Å². The van der Waals surface area contributed by atoms with Gasteiger partial charge in [0.25, 0.3) is 0 Å². The maximum absolute atomic E-state index is 10.5. The summed E-state index contributed by atoms with van der Waals surface area (Å²) in [5.74, 6) is -2.56. The second-order valence-corrected chi connectivity index (χ2v) is 5.85. The van der Waals surface area contributed by atoms with Gasteiger partial charge in [-0.2, -0.15) is 0 Å². The summed E-state index contributed by atoms with van der Waals surface area (Å²) in [7, 11) is 0. The Morgan fingerprint density at radius 3 is 1.15 bits per heavy atom. The Kier molecular flexibility index (Phi) is 11.1. The molecule has 0 aliphatic rings. The minimum Gasteiger partial charge on any atom is -0.550 e. The number of hydrogen-bond acceptors (Lipinski definition) is 4. The van der Waals surface area contributed by atoms with E-state index in [1.807, 2.05) is 0 Å². The lowest BCUT2D eigenvalue weighted by molar-refractivity contribution is -0.312. The highest BCUT2D eigenvalue weighted by molar-refractivity contribution is 5.67. The second kappa shape index (κ2) is 11.7. The standard InChI is InChI=1S/C16H30O4/c1-13(15(17)18)11-9-7-5-3-4-6-8-10-12-14(2)16(19)20/h13-14H,3-12H2,1-2H3,(H,17,18)(H,19,20)/p-2/t13-,14+. The Hall–Kier alpha value is -1.06. The zero-order valence-electron chi connectivity index (χ0n) is 12.9. The van der Waals surface area contributed by atoms with Gasteiger partial charge < -0.3 is 19.8 Å². The molecule has 0 aromatic heterocycles. The Morgan fingerprint density at radius 1 is 0.650 bits per heavy atom. The second-order valence-electron chi connectivity index (χ2n) is 5.85. The largest absolute Gasteiger partial charge is 0.550 e. The van der Waals surface area contributed by atoms with Gasteiger partial charge in [0.2, 0.25) is 0 Å². The third-order valence-corrected chi connectivity index (χ3v) is 3.83. The lowest BCUT2D eigenvalue weighted by Gasteiger charge is -2.12. The zero-order valence-corrected chi connectivity index (χ0v) is 12.9. The summed E-state index contributed by atoms with van der Waals surface area (Å²) in [5.41, 5.74) is 0. The van der Waals surface area contributed by atoms with E-state index < -0.39 is 11.9 Å². The van der Waals surface area contributed by atoms with Crippen molar-refractivity contribution in [1.82, 2.24) is 0 Å². The van der Waals surface area contributed by atoms with Crippen molar-refractivity contribution in [3.63, 3.8) is 0 Å². The van der Waals surface area contributed by atoms with Crippen LogP contribution in [0.2, 0.25) is 0 Å². The van der Waals surface area contributed by atoms with Gasteiger partial charge in [0.05, 0.1) is 0 Å². The quantitative estimate of drug-likeness (QED) is 0.482. The maximum atomic E-state index is 10.5. The van der Waals surface area contributed by atoms with E-state index in [9.17, 15) is 19.8 Å². The van der Waals surface area contributed by atoms with E-state index in [-0.39, 0.29) is 11.8 Å². The van der Waals surface area contributed by atoms with Gasteiger partial charge in [-0.25, -0.2) is 0 Å². The topological polar surface area (TPSA) is 80.3 Å². The van der Waals surface area contributed by atoms with Crippen LogP contribution in [0.1, 0.15) is 78.1 Å². The molecule has 0 spiro atoms. The van der Waals surface area contributed by atoms with Crippen molar-refractivity contribution in [2.24, 2.45) is 11.8 Å². The molecule has 0 amide bonds. The number of carboxylic acid groups (broad SMARTS) is 2. The van der Waals surface area contributed by atoms with E-state index in [1.54, 1.807) is 13.8 Å². The van der Waals surface area contributed by atoms with Crippen LogP contribution in [-0.2, 0) is 9.59 Å². The third kappa shape index (κ3) is 10.8. The summed E-state index contributed by atoms with van der Waals surface area (Å²) < 4.78 is 0. The molecular formula is C16H28O4-2. The number of hydrogen-bond donors (Lipinski definition) is 0. The van der Waals surface area contributed by atoms with Gasteiger partial charge in [-0.3, -0.25) is 0 Å². The molecular weight excluding hydrogens is 256 g/mol. The van der Waals surface area contributed by atoms with E-state index in [0.29, 0.717) is 12.8 Å². The van der Waals surface area contributed by atoms with E-state index in [1.165, 1.54) is 12.8 Å². The molecule has 0 saturated carbocycles. The minimum atomic E-state index is -0.948. The van der Waals surface area contributed by atoms with Crippen LogP contribution in [0.25, 0.3) is 0 Å². The summed E-state index contributed by atoms with van der Waals surface area (Å²) in [4.78, 5) is 21.0. The number of aliphatic carboxylic acids is 2. The summed E-state index contributed by atoms with van der Waals surface area (Å²) in [6, 6.07) is 0. The normalized spacial score (nSPS) is 13.9. The molecule has 118 valence electrons. The minimum absolute atomic E-state index is 0.333. The fourth-order valence-electron chi connectivity index (χ4n) is 2.20. The molecule has 2 atom stereocenters. The number of carbonyl (C=O) groups excluding carboxylic acids is 2. The van der Waals surface area contributed by atoms with Crippen LogP contribution in [0.4, 0.5) is 0 Å². The Labute approximate surface area is 122 Å². The van der Waals surface area contributed by atoms with E-state index in [2.05, 4.69) is 0 Å². The Bertz CT molecular complexity index is 248. The lowest BCUT2D eigenvalue weighted by Crippen LogP contribution is -2.29. The SMILES string of the molecule is C[C@H](CCCCCCCCCC[C@H](C)C(=O)[O-])C(=O)[O-]. The smallest absolute Gasteiger partial charge is 0.0442 e. The van der Waals surface area contributed by atoms with Gasteiger partial charge in [0.1, 0.15) is 0 Å². The van der Waals surface area contributed by atoms with Gasteiger partial charge in [-0.1, -0.05) is 65.2 Å². The van der Waals surface area contributed by atoms with Gasteiger partial charge in [-0.05, 0) is 24.7 Å². The molecule has 0 bridgehead atoms. The van der Waals surface area contributed by atoms with E-state index in [4.69, 9.17) is 0 Å². The molecule has 0 aliphatic heterocycles. The first kappa shape index (κ1) is 18.9. The van der Waals surface area contributed by atoms with Crippen molar-refractivity contribution >= 4 is 11.9 Å². The first-order chi connectivity index (χ1) is 9.45. The van der Waals surface area contributed by atoms with Crippen molar-refractivity contribution in [3.05, 3.63) is 0 Å². The Morgan fingerprint density at radius 2 is 0.900 bits per heavy atom. The molecule has 0 aromatic rings. The van der Waals surface area contributed by atoms with Crippen LogP contribution in [0.15, 0.2) is 0 Å². The first-order valence-corrected chi connectivity index (χ1v) is 7.87. The maximum Gasteiger partial charge on any atom is 0.0442 e. The van der Waals surface area contributed by atoms with Gasteiger partial charge in [-0.15, -0.1) is 0 Å². The summed E-state index contributed by atoms with van der Waals surface area (Å²) in [6.07, 6.45) is 10.2. The lowest BCUT2D eigenvalue weighted by atomic mass is 10.0. The number of rotatable bonds is 13. The van der Waals surface area contributed by atoms with E-state index >= 15 is 0 Å². The molecule has 0 fully saturated rings. The molecule has 0 saturated heterocycles. The molecule has 20 heavy (non-hydrogen) atoms. The van der Waals surface area contributed by atoms with Crippen molar-refractivity contribution in [2.45, 2.75) is 78.1 Å². The molecule has 0 aromatic carbocycles. The number of carboxylic acids is 2. The number of carbonyl (C=O) groups is 2. The molecule has 0 radical (unpaired) electrons. The van der Waals surface area contributed by atoms with Crippen LogP contribution in [-0.4, -0.2) is 11.9 Å². The van der Waals surface area contributed by atoms with Gasteiger partial charge in [0, 0.05) is 11.9 Å². The predicted octanol–water partition coefficient (Wildman–Crippen LogP) is 1.66. The summed E-state index contributed by atoms with van der Waals surface area (Å²) in [6.45, 7) is 3.39. The molecule has 0 aliphatic carbocycles. The molecule has 0 rings (SSSR count). The highest BCUT2D eigenvalue weighted by Crippen LogP contribution is 2.14. The fraction of sp³-hybridized carbons (Fsp3) is 0.875. The van der Waals surface area contributed by atoms with Crippen LogP contribution >= 0.6 is 0 Å². The fourth-order valence-corrected chi connectivity index (χ4v) is 2.20. The predicted molar refractivity (Wildman–Crippen MR) is 74.5 cm³/mol. The van der Waals surface area contributed by atoms with Crippen molar-refractivity contribution in [1.29, 1.82) is 0 Å². The summed E-state index contributed by atoms with van der Waals surface area (Å²) >= 11 is 0. The summed E-state index contributed by atoms with van der Waals surface area (Å²) in [5, 5.41) is 21.0. The first-order valence-electron chi connectivity index (χ1n) is 7.87. The van der Waals surface area contributed by atoms with E-state index in [0.717, 1.165) is 38.5 Å². The molecule has 0 N–H and O–H groups in total. The Balaban J connectivity index is 3.21. The van der Waals surface area contributed by atoms with Crippen LogP contribution < -0.4 is 10.2 Å². The van der Waals surface area contributed by atoms with Gasteiger partial charge in [0.15, 0.2) is 0 Å². The third-order valence-electron chi connectivity index (χ3n) is 3.83. The van der Waals surface area contributed by atoms with Gasteiger partial charge >= 0.3 is 0 Å². The highest BCUT2D eigenvalue weighted by atomic mass is 16.4. The van der Waals surface area contributed by atoms with Crippen molar-refractivity contribution < 1.29 is 19.8 Å². The molecule has 4 nitrogen and oxygen atoms in total. The van der Waals surface area contributed by atoms with Crippen LogP contribution in [0.5, 0.6) is 0 Å². The number of unbranched alkanes of at least 4 members (excludes halogenated alkanes) is 7. The molecule has 0 heterocycles. The molecule has 4 heteroatoms. The monoisotopic (exact) mass is 284 g/mol. The molecule has 0 unspecified atom stereocenters. The van der Waals surface area contributed by atoms with Crippen molar-refractivity contribution in [2.75, 3.05) is 0 Å². The zero-order chi connectivity index (χ0) is 15.4.